The summed E-state index contributed by atoms with van der Waals surface area (Å²) in [5.41, 5.74) is -4.55. The van der Waals surface area contributed by atoms with E-state index in [4.69, 9.17) is 9.47 Å². The number of alkyl halides is 6. The van der Waals surface area contributed by atoms with Gasteiger partial charge in [0, 0.05) is 53.8 Å². The maximum atomic E-state index is 14.3. The van der Waals surface area contributed by atoms with E-state index in [2.05, 4.69) is 5.32 Å². The van der Waals surface area contributed by atoms with Crippen molar-refractivity contribution in [2.45, 2.75) is 61.0 Å². The molecule has 0 saturated carbocycles. The molecule has 4 rings (SSSR count). The minimum atomic E-state index is -5.35. The van der Waals surface area contributed by atoms with Crippen LogP contribution in [-0.4, -0.2) is 72.8 Å². The third kappa shape index (κ3) is 8.84. The Morgan fingerprint density at radius 3 is 2.27 bits per heavy atom. The number of carbonyl (C=O) groups is 2. The number of halogens is 6. The van der Waals surface area contributed by atoms with Gasteiger partial charge in [-0.3, -0.25) is 4.79 Å². The van der Waals surface area contributed by atoms with Gasteiger partial charge in [0.1, 0.15) is 5.60 Å². The van der Waals surface area contributed by atoms with Crippen molar-refractivity contribution in [1.29, 1.82) is 0 Å². The molecule has 7 nitrogen and oxygen atoms in total. The number of nitrogens with one attached hydrogen (secondary N) is 1. The average molecular weight is 646 g/mol. The van der Waals surface area contributed by atoms with Crippen molar-refractivity contribution in [2.24, 2.45) is 0 Å². The highest BCUT2D eigenvalue weighted by atomic mass is 32.2. The van der Waals surface area contributed by atoms with Gasteiger partial charge in [0.2, 0.25) is 5.91 Å². The van der Waals surface area contributed by atoms with E-state index in [1.54, 1.807) is 43.9 Å². The summed E-state index contributed by atoms with van der Waals surface area (Å²) >= 11 is 0.553. The van der Waals surface area contributed by atoms with Crippen molar-refractivity contribution >= 4 is 35.5 Å². The van der Waals surface area contributed by atoms with E-state index in [-0.39, 0.29) is 37.2 Å². The van der Waals surface area contributed by atoms with Crippen LogP contribution in [0.4, 0.5) is 36.8 Å². The Morgan fingerprint density at radius 2 is 1.64 bits per heavy atom. The first-order valence-electron chi connectivity index (χ1n) is 13.9. The fraction of sp³-hybridized carbons (Fsp3) is 0.467. The molecule has 2 aromatic carbocycles. The zero-order valence-electron chi connectivity index (χ0n) is 24.3. The summed E-state index contributed by atoms with van der Waals surface area (Å²) < 4.78 is 96.0. The zero-order valence-corrected chi connectivity index (χ0v) is 25.2. The predicted octanol–water partition coefficient (Wildman–Crippen LogP) is 7.17. The molecular formula is C30H33F6N3O4S. The van der Waals surface area contributed by atoms with Gasteiger partial charge in [0.15, 0.2) is 0 Å². The van der Waals surface area contributed by atoms with Gasteiger partial charge in [-0.05, 0) is 63.1 Å². The summed E-state index contributed by atoms with van der Waals surface area (Å²) in [6, 6.07) is 8.08. The fourth-order valence-electron chi connectivity index (χ4n) is 4.84. The van der Waals surface area contributed by atoms with E-state index in [1.165, 1.54) is 11.0 Å². The van der Waals surface area contributed by atoms with Crippen LogP contribution in [0.25, 0.3) is 6.08 Å². The van der Waals surface area contributed by atoms with E-state index in [0.29, 0.717) is 37.0 Å². The van der Waals surface area contributed by atoms with Gasteiger partial charge in [0.05, 0.1) is 24.3 Å². The molecule has 0 spiro atoms. The Labute approximate surface area is 255 Å². The van der Waals surface area contributed by atoms with Gasteiger partial charge >= 0.3 is 18.4 Å². The molecule has 2 aliphatic heterocycles. The van der Waals surface area contributed by atoms with Gasteiger partial charge in [-0.1, -0.05) is 23.9 Å². The van der Waals surface area contributed by atoms with E-state index in [0.717, 1.165) is 24.3 Å². The smallest absolute Gasteiger partial charge is 0.418 e. The molecule has 1 atom stereocenters. The summed E-state index contributed by atoms with van der Waals surface area (Å²) in [5.74, 6) is -0.616. The summed E-state index contributed by atoms with van der Waals surface area (Å²) in [6.45, 7) is 7.08. The predicted molar refractivity (Wildman–Crippen MR) is 153 cm³/mol. The number of ether oxygens (including phenoxy) is 2. The van der Waals surface area contributed by atoms with E-state index >= 15 is 0 Å². The number of morpholine rings is 1. The summed E-state index contributed by atoms with van der Waals surface area (Å²) in [6.07, 6.45) is -8.91. The number of anilines is 1. The van der Waals surface area contributed by atoms with Crippen LogP contribution in [-0.2, 0) is 26.6 Å². The molecule has 14 heteroatoms. The number of hydrogen-bond acceptors (Lipinski definition) is 6. The SMILES string of the molecule is CC(C)(C)OC(=O)N1CCC(Nc2cccc(Sc3ccc(C=CC(=O)N4CCOCC4)c(C(F)(F)F)c3C(F)(F)F)c2)C1. The first-order valence-corrected chi connectivity index (χ1v) is 14.7. The highest BCUT2D eigenvalue weighted by molar-refractivity contribution is 7.99. The van der Waals surface area contributed by atoms with Crippen LogP contribution in [0.1, 0.15) is 43.9 Å². The molecule has 2 aliphatic rings. The van der Waals surface area contributed by atoms with Crippen molar-refractivity contribution in [1.82, 2.24) is 9.80 Å². The lowest BCUT2D eigenvalue weighted by Gasteiger charge is -2.25. The Balaban J connectivity index is 1.56. The number of amides is 2. The summed E-state index contributed by atoms with van der Waals surface area (Å²) in [5, 5.41) is 3.24. The Bertz CT molecular complexity index is 1380. The first-order chi connectivity index (χ1) is 20.5. The minimum absolute atomic E-state index is 0.156. The number of nitrogens with zero attached hydrogens (tertiary/aromatic N) is 2. The molecule has 44 heavy (non-hydrogen) atoms. The van der Waals surface area contributed by atoms with Gasteiger partial charge in [-0.2, -0.15) is 26.3 Å². The fourth-order valence-corrected chi connectivity index (χ4v) is 5.89. The first kappa shape index (κ1) is 33.5. The number of benzene rings is 2. The van der Waals surface area contributed by atoms with Gasteiger partial charge in [-0.25, -0.2) is 4.79 Å². The lowest BCUT2D eigenvalue weighted by molar-refractivity contribution is -0.163. The lowest BCUT2D eigenvalue weighted by atomic mass is 9.99. The third-order valence-electron chi connectivity index (χ3n) is 6.77. The average Bonchev–Trinajstić information content (AvgIpc) is 3.39. The molecule has 0 aromatic heterocycles. The molecule has 2 amide bonds. The standard InChI is InChI=1S/C30H33F6N3O4S/c1-28(2,3)43-27(41)39-12-11-21(18-39)37-20-5-4-6-22(17-20)44-23-9-7-19(8-10-24(40)38-13-15-42-16-14-38)25(29(31,32)33)26(23)30(34,35)36/h4-10,17,21,37H,11-16,18H2,1-3H3. The highest BCUT2D eigenvalue weighted by Crippen LogP contribution is 2.48. The Morgan fingerprint density at radius 1 is 0.955 bits per heavy atom. The number of hydrogen-bond donors (Lipinski definition) is 1. The maximum absolute atomic E-state index is 14.3. The van der Waals surface area contributed by atoms with Gasteiger partial charge in [-0.15, -0.1) is 0 Å². The van der Waals surface area contributed by atoms with Crippen molar-refractivity contribution in [2.75, 3.05) is 44.7 Å². The third-order valence-corrected chi connectivity index (χ3v) is 7.82. The number of rotatable bonds is 6. The molecule has 1 N–H and O–H groups in total. The number of carbonyl (C=O) groups excluding carboxylic acids is 2. The van der Waals surface area contributed by atoms with Crippen LogP contribution < -0.4 is 5.32 Å². The molecule has 240 valence electrons. The number of likely N-dealkylation sites (tertiary alicyclic amines) is 1. The highest BCUT2D eigenvalue weighted by Gasteiger charge is 2.46. The molecule has 0 aliphatic carbocycles. The van der Waals surface area contributed by atoms with Crippen LogP contribution in [0, 0.1) is 0 Å². The molecule has 0 bridgehead atoms. The molecule has 2 aromatic rings. The van der Waals surface area contributed by atoms with Crippen LogP contribution in [0.15, 0.2) is 52.3 Å². The Hall–Kier alpha value is -3.39. The quantitative estimate of drug-likeness (QED) is 0.266. The summed E-state index contributed by atoms with van der Waals surface area (Å²) in [4.78, 5) is 27.4. The molecule has 2 fully saturated rings. The van der Waals surface area contributed by atoms with Crippen LogP contribution in [0.3, 0.4) is 0 Å². The topological polar surface area (TPSA) is 71.1 Å². The Kier molecular flexibility index (Phi) is 10.1. The molecule has 0 radical (unpaired) electrons. The lowest BCUT2D eigenvalue weighted by Crippen LogP contribution is -2.39. The van der Waals surface area contributed by atoms with Crippen molar-refractivity contribution in [3.63, 3.8) is 0 Å². The second-order valence-corrected chi connectivity index (χ2v) is 12.5. The molecule has 1 unspecified atom stereocenters. The minimum Gasteiger partial charge on any atom is -0.444 e. The van der Waals surface area contributed by atoms with Gasteiger partial charge < -0.3 is 24.6 Å². The van der Waals surface area contributed by atoms with Gasteiger partial charge in [0.25, 0.3) is 0 Å². The van der Waals surface area contributed by atoms with Crippen LogP contribution >= 0.6 is 11.8 Å². The molecule has 2 saturated heterocycles. The van der Waals surface area contributed by atoms with Crippen molar-refractivity contribution < 1.29 is 45.4 Å². The second-order valence-electron chi connectivity index (χ2n) is 11.4. The normalized spacial score (nSPS) is 18.2. The van der Waals surface area contributed by atoms with Crippen LogP contribution in [0.2, 0.25) is 0 Å². The van der Waals surface area contributed by atoms with E-state index in [1.807, 2.05) is 0 Å². The maximum Gasteiger partial charge on any atom is 0.418 e. The van der Waals surface area contributed by atoms with E-state index < -0.39 is 51.5 Å². The van der Waals surface area contributed by atoms with Crippen molar-refractivity contribution in [3.05, 3.63) is 59.2 Å². The summed E-state index contributed by atoms with van der Waals surface area (Å²) in [7, 11) is 0. The van der Waals surface area contributed by atoms with Crippen LogP contribution in [0.5, 0.6) is 0 Å². The molecular weight excluding hydrogens is 612 g/mol. The van der Waals surface area contributed by atoms with E-state index in [9.17, 15) is 35.9 Å². The second kappa shape index (κ2) is 13.3. The monoisotopic (exact) mass is 645 g/mol. The zero-order chi connectivity index (χ0) is 32.3. The molecule has 2 heterocycles. The van der Waals surface area contributed by atoms with Crippen molar-refractivity contribution in [3.8, 4) is 0 Å². The largest absolute Gasteiger partial charge is 0.444 e.